The second kappa shape index (κ2) is 5.81. The first kappa shape index (κ1) is 15.1. The minimum absolute atomic E-state index is 0.238. The first-order valence-electron chi connectivity index (χ1n) is 5.94. The molecule has 0 fully saturated rings. The van der Waals surface area contributed by atoms with Crippen LogP contribution in [-0.2, 0) is 17.1 Å². The molecule has 1 atom stereocenters. The van der Waals surface area contributed by atoms with Gasteiger partial charge in [0.05, 0.1) is 11.4 Å². The van der Waals surface area contributed by atoms with Gasteiger partial charge in [-0.15, -0.1) is 0 Å². The summed E-state index contributed by atoms with van der Waals surface area (Å²) >= 11 is 0. The van der Waals surface area contributed by atoms with Crippen LogP contribution in [0, 0.1) is 19.8 Å². The van der Waals surface area contributed by atoms with E-state index in [1.165, 1.54) is 0 Å². The third-order valence-electron chi connectivity index (χ3n) is 2.89. The van der Waals surface area contributed by atoms with E-state index in [2.05, 4.69) is 15.1 Å². The normalized spacial score (nSPS) is 13.8. The van der Waals surface area contributed by atoms with E-state index in [0.29, 0.717) is 22.8 Å². The summed E-state index contributed by atoms with van der Waals surface area (Å²) in [5, 5.41) is 7.14. The number of rotatable bonds is 6. The monoisotopic (exact) mass is 274 g/mol. The molecule has 7 heteroatoms. The van der Waals surface area contributed by atoms with E-state index >= 15 is 0 Å². The lowest BCUT2D eigenvalue weighted by Gasteiger charge is -2.12. The lowest BCUT2D eigenvalue weighted by molar-refractivity contribution is 0.518. The average molecular weight is 274 g/mol. The van der Waals surface area contributed by atoms with Gasteiger partial charge in [-0.2, -0.15) is 5.10 Å². The predicted octanol–water partition coefficient (Wildman–Crippen LogP) is 0.171. The van der Waals surface area contributed by atoms with Crippen molar-refractivity contribution in [3.8, 4) is 0 Å². The summed E-state index contributed by atoms with van der Waals surface area (Å²) in [6.45, 7) is 6.64. The van der Waals surface area contributed by atoms with Crippen LogP contribution in [0.2, 0.25) is 0 Å². The fourth-order valence-corrected chi connectivity index (χ4v) is 3.49. The molecule has 0 aromatic carbocycles. The Kier molecular flexibility index (Phi) is 4.89. The van der Waals surface area contributed by atoms with Crippen molar-refractivity contribution in [2.75, 3.05) is 20.1 Å². The first-order valence-corrected chi connectivity index (χ1v) is 7.42. The number of aromatic nitrogens is 2. The number of nitrogens with one attached hydrogen (secondary N) is 2. The van der Waals surface area contributed by atoms with E-state index in [9.17, 15) is 8.42 Å². The van der Waals surface area contributed by atoms with Gasteiger partial charge in [-0.1, -0.05) is 6.92 Å². The molecule has 1 unspecified atom stereocenters. The lowest BCUT2D eigenvalue weighted by Crippen LogP contribution is -2.32. The van der Waals surface area contributed by atoms with E-state index in [1.807, 2.05) is 14.0 Å². The lowest BCUT2D eigenvalue weighted by atomic mass is 10.2. The van der Waals surface area contributed by atoms with E-state index in [-0.39, 0.29) is 5.92 Å². The number of hydrogen-bond acceptors (Lipinski definition) is 4. The highest BCUT2D eigenvalue weighted by atomic mass is 32.2. The van der Waals surface area contributed by atoms with Crippen LogP contribution in [0.5, 0.6) is 0 Å². The average Bonchev–Trinajstić information content (AvgIpc) is 2.51. The molecule has 0 amide bonds. The maximum absolute atomic E-state index is 12.2. The van der Waals surface area contributed by atoms with Gasteiger partial charge in [0.25, 0.3) is 0 Å². The molecule has 1 rings (SSSR count). The van der Waals surface area contributed by atoms with Crippen LogP contribution < -0.4 is 10.0 Å². The smallest absolute Gasteiger partial charge is 0.244 e. The summed E-state index contributed by atoms with van der Waals surface area (Å²) in [5.41, 5.74) is 1.19. The van der Waals surface area contributed by atoms with Crippen LogP contribution in [0.25, 0.3) is 0 Å². The van der Waals surface area contributed by atoms with Gasteiger partial charge in [0.15, 0.2) is 0 Å². The summed E-state index contributed by atoms with van der Waals surface area (Å²) in [6.07, 6.45) is 0. The van der Waals surface area contributed by atoms with Gasteiger partial charge in [0.1, 0.15) is 4.90 Å². The van der Waals surface area contributed by atoms with Crippen molar-refractivity contribution in [1.82, 2.24) is 19.8 Å². The highest BCUT2D eigenvalue weighted by Crippen LogP contribution is 2.18. The Balaban J connectivity index is 2.87. The highest BCUT2D eigenvalue weighted by molar-refractivity contribution is 7.89. The first-order chi connectivity index (χ1) is 8.29. The van der Waals surface area contributed by atoms with Crippen LogP contribution in [0.1, 0.15) is 18.3 Å². The molecule has 0 bridgehead atoms. The van der Waals surface area contributed by atoms with Gasteiger partial charge in [-0.25, -0.2) is 13.1 Å². The molecule has 0 saturated heterocycles. The summed E-state index contributed by atoms with van der Waals surface area (Å²) in [4.78, 5) is 0.293. The molecule has 104 valence electrons. The zero-order chi connectivity index (χ0) is 13.9. The third kappa shape index (κ3) is 3.30. The van der Waals surface area contributed by atoms with Crippen molar-refractivity contribution in [3.05, 3.63) is 11.4 Å². The SMILES string of the molecule is CNCC(C)CNS(=O)(=O)c1c(C)nn(C)c1C. The van der Waals surface area contributed by atoms with Crippen molar-refractivity contribution in [1.29, 1.82) is 0 Å². The van der Waals surface area contributed by atoms with Crippen molar-refractivity contribution in [2.24, 2.45) is 13.0 Å². The Bertz CT molecular complexity index is 507. The number of nitrogens with zero attached hydrogens (tertiary/aromatic N) is 2. The van der Waals surface area contributed by atoms with E-state index in [1.54, 1.807) is 25.6 Å². The molecule has 1 aromatic rings. The summed E-state index contributed by atoms with van der Waals surface area (Å²) in [5.74, 6) is 0.238. The summed E-state index contributed by atoms with van der Waals surface area (Å²) < 4.78 is 28.6. The second-order valence-electron chi connectivity index (χ2n) is 4.64. The maximum atomic E-state index is 12.2. The fraction of sp³-hybridized carbons (Fsp3) is 0.727. The van der Waals surface area contributed by atoms with Crippen LogP contribution >= 0.6 is 0 Å². The van der Waals surface area contributed by atoms with Crippen molar-refractivity contribution in [3.63, 3.8) is 0 Å². The number of hydrogen-bond donors (Lipinski definition) is 2. The fourth-order valence-electron chi connectivity index (χ4n) is 1.89. The zero-order valence-electron chi connectivity index (χ0n) is 11.6. The van der Waals surface area contributed by atoms with E-state index in [0.717, 1.165) is 6.54 Å². The Hall–Kier alpha value is -0.920. The second-order valence-corrected chi connectivity index (χ2v) is 6.34. The molecule has 0 radical (unpaired) electrons. The topological polar surface area (TPSA) is 76.0 Å². The Morgan fingerprint density at radius 2 is 1.94 bits per heavy atom. The Morgan fingerprint density at radius 3 is 2.39 bits per heavy atom. The number of sulfonamides is 1. The number of aryl methyl sites for hydroxylation is 2. The quantitative estimate of drug-likeness (QED) is 0.775. The minimum Gasteiger partial charge on any atom is -0.319 e. The molecule has 18 heavy (non-hydrogen) atoms. The van der Waals surface area contributed by atoms with Crippen molar-refractivity contribution >= 4 is 10.0 Å². The van der Waals surface area contributed by atoms with Crippen LogP contribution in [0.4, 0.5) is 0 Å². The molecule has 0 aliphatic rings. The third-order valence-corrected chi connectivity index (χ3v) is 4.56. The largest absolute Gasteiger partial charge is 0.319 e. The van der Waals surface area contributed by atoms with Crippen LogP contribution in [0.15, 0.2) is 4.90 Å². The Morgan fingerprint density at radius 1 is 1.33 bits per heavy atom. The van der Waals surface area contributed by atoms with Gasteiger partial charge in [-0.3, -0.25) is 4.68 Å². The molecule has 2 N–H and O–H groups in total. The molecule has 0 aliphatic heterocycles. The minimum atomic E-state index is -3.48. The van der Waals surface area contributed by atoms with Gasteiger partial charge >= 0.3 is 0 Å². The Labute approximate surface area is 109 Å². The molecular weight excluding hydrogens is 252 g/mol. The van der Waals surface area contributed by atoms with E-state index in [4.69, 9.17) is 0 Å². The maximum Gasteiger partial charge on any atom is 0.244 e. The summed E-state index contributed by atoms with van der Waals surface area (Å²) in [6, 6.07) is 0. The molecule has 6 nitrogen and oxygen atoms in total. The van der Waals surface area contributed by atoms with Crippen LogP contribution in [0.3, 0.4) is 0 Å². The highest BCUT2D eigenvalue weighted by Gasteiger charge is 2.23. The van der Waals surface area contributed by atoms with E-state index < -0.39 is 10.0 Å². The molecule has 0 spiro atoms. The molecule has 1 heterocycles. The van der Waals surface area contributed by atoms with Gasteiger partial charge in [0, 0.05) is 13.6 Å². The zero-order valence-corrected chi connectivity index (χ0v) is 12.4. The molecule has 1 aromatic heterocycles. The van der Waals surface area contributed by atoms with Gasteiger partial charge in [-0.05, 0) is 33.4 Å². The molecular formula is C11H22N4O2S. The van der Waals surface area contributed by atoms with Gasteiger partial charge in [0.2, 0.25) is 10.0 Å². The predicted molar refractivity (Wildman–Crippen MR) is 71.0 cm³/mol. The summed E-state index contributed by atoms with van der Waals surface area (Å²) in [7, 11) is 0.113. The van der Waals surface area contributed by atoms with Gasteiger partial charge < -0.3 is 5.32 Å². The molecule has 0 saturated carbocycles. The van der Waals surface area contributed by atoms with Crippen molar-refractivity contribution < 1.29 is 8.42 Å². The van der Waals surface area contributed by atoms with Crippen molar-refractivity contribution in [2.45, 2.75) is 25.7 Å². The van der Waals surface area contributed by atoms with Crippen LogP contribution in [-0.4, -0.2) is 38.3 Å². The standard InChI is InChI=1S/C11H22N4O2S/c1-8(6-12-4)7-13-18(16,17)11-9(2)14-15(5)10(11)3/h8,12-13H,6-7H2,1-5H3. The molecule has 0 aliphatic carbocycles.